The van der Waals surface area contributed by atoms with Crippen LogP contribution in [0.1, 0.15) is 74.0 Å². The van der Waals surface area contributed by atoms with Crippen molar-refractivity contribution in [3.05, 3.63) is 64.5 Å². The third kappa shape index (κ3) is 5.79. The summed E-state index contributed by atoms with van der Waals surface area (Å²) < 4.78 is 2.40. The van der Waals surface area contributed by atoms with Crippen molar-refractivity contribution in [1.29, 1.82) is 0 Å². The molecule has 0 radical (unpaired) electrons. The van der Waals surface area contributed by atoms with Crippen LogP contribution in [0.5, 0.6) is 0 Å². The van der Waals surface area contributed by atoms with Gasteiger partial charge in [-0.1, -0.05) is 50.1 Å². The molecule has 1 aromatic heterocycles. The first-order chi connectivity index (χ1) is 15.4. The monoisotopic (exact) mass is 433 g/mol. The van der Waals surface area contributed by atoms with Crippen LogP contribution in [0.15, 0.2) is 36.4 Å². The number of aryl methyl sites for hydroxylation is 4. The van der Waals surface area contributed by atoms with Crippen LogP contribution in [-0.2, 0) is 17.8 Å². The SMILES string of the molecule is CCC(CC)C(=O)NCCCCCc1nc2ccccc2n1Cc1c(C)cc(C)cc1C. The molecule has 0 saturated heterocycles. The fraction of sp³-hybridized carbons (Fsp3) is 0.500. The maximum absolute atomic E-state index is 12.1. The highest BCUT2D eigenvalue weighted by atomic mass is 16.1. The van der Waals surface area contributed by atoms with Crippen LogP contribution in [0.25, 0.3) is 11.0 Å². The van der Waals surface area contributed by atoms with E-state index in [1.165, 1.54) is 27.8 Å². The van der Waals surface area contributed by atoms with E-state index in [1.54, 1.807) is 0 Å². The molecular weight excluding hydrogens is 394 g/mol. The Kier molecular flexibility index (Phi) is 8.49. The van der Waals surface area contributed by atoms with Crippen molar-refractivity contribution < 1.29 is 4.79 Å². The van der Waals surface area contributed by atoms with E-state index < -0.39 is 0 Å². The highest BCUT2D eigenvalue weighted by molar-refractivity contribution is 5.78. The van der Waals surface area contributed by atoms with Crippen molar-refractivity contribution in [2.24, 2.45) is 5.92 Å². The summed E-state index contributed by atoms with van der Waals surface area (Å²) >= 11 is 0. The first kappa shape index (κ1) is 24.0. The molecule has 1 amide bonds. The number of amides is 1. The van der Waals surface area contributed by atoms with Gasteiger partial charge in [0, 0.05) is 25.4 Å². The van der Waals surface area contributed by atoms with Gasteiger partial charge >= 0.3 is 0 Å². The van der Waals surface area contributed by atoms with Crippen molar-refractivity contribution in [2.45, 2.75) is 79.7 Å². The Morgan fingerprint density at radius 1 is 1.00 bits per heavy atom. The minimum atomic E-state index is 0.156. The van der Waals surface area contributed by atoms with Crippen molar-refractivity contribution in [3.8, 4) is 0 Å². The Labute approximate surface area is 193 Å². The minimum Gasteiger partial charge on any atom is -0.356 e. The molecule has 0 unspecified atom stereocenters. The van der Waals surface area contributed by atoms with Gasteiger partial charge in [-0.3, -0.25) is 4.79 Å². The van der Waals surface area contributed by atoms with E-state index in [0.717, 1.165) is 63.0 Å². The number of unbranched alkanes of at least 4 members (excludes halogenated alkanes) is 2. The van der Waals surface area contributed by atoms with E-state index in [4.69, 9.17) is 4.98 Å². The molecule has 0 atom stereocenters. The zero-order valence-electron chi connectivity index (χ0n) is 20.5. The van der Waals surface area contributed by atoms with Gasteiger partial charge in [0.2, 0.25) is 5.91 Å². The highest BCUT2D eigenvalue weighted by Crippen LogP contribution is 2.23. The summed E-state index contributed by atoms with van der Waals surface area (Å²) in [6, 6.07) is 13.0. The van der Waals surface area contributed by atoms with Gasteiger partial charge in [-0.05, 0) is 75.3 Å². The minimum absolute atomic E-state index is 0.156. The number of hydrogen-bond donors (Lipinski definition) is 1. The number of nitrogens with zero attached hydrogens (tertiary/aromatic N) is 2. The topological polar surface area (TPSA) is 46.9 Å². The van der Waals surface area contributed by atoms with Gasteiger partial charge in [0.25, 0.3) is 0 Å². The first-order valence-electron chi connectivity index (χ1n) is 12.2. The van der Waals surface area contributed by atoms with Gasteiger partial charge in [0.1, 0.15) is 5.82 Å². The maximum Gasteiger partial charge on any atom is 0.223 e. The van der Waals surface area contributed by atoms with E-state index >= 15 is 0 Å². The van der Waals surface area contributed by atoms with Crippen LogP contribution in [0, 0.1) is 26.7 Å². The zero-order valence-corrected chi connectivity index (χ0v) is 20.5. The predicted molar refractivity (Wildman–Crippen MR) is 134 cm³/mol. The van der Waals surface area contributed by atoms with E-state index in [0.29, 0.717) is 0 Å². The predicted octanol–water partition coefficient (Wildman–Crippen LogP) is 6.28. The molecule has 0 aliphatic rings. The summed E-state index contributed by atoms with van der Waals surface area (Å²) in [5, 5.41) is 3.11. The first-order valence-corrected chi connectivity index (χ1v) is 12.2. The second-order valence-corrected chi connectivity index (χ2v) is 9.10. The van der Waals surface area contributed by atoms with E-state index in [-0.39, 0.29) is 11.8 Å². The number of benzene rings is 2. The number of fused-ring (bicyclic) bond motifs is 1. The summed E-state index contributed by atoms with van der Waals surface area (Å²) in [6.45, 7) is 12.4. The summed E-state index contributed by atoms with van der Waals surface area (Å²) in [6.07, 6.45) is 5.98. The number of para-hydroxylation sites is 2. The highest BCUT2D eigenvalue weighted by Gasteiger charge is 2.14. The maximum atomic E-state index is 12.1. The van der Waals surface area contributed by atoms with Crippen molar-refractivity contribution in [1.82, 2.24) is 14.9 Å². The van der Waals surface area contributed by atoms with Crippen LogP contribution in [0.3, 0.4) is 0 Å². The largest absolute Gasteiger partial charge is 0.356 e. The Morgan fingerprint density at radius 2 is 1.69 bits per heavy atom. The van der Waals surface area contributed by atoms with Crippen LogP contribution in [0.4, 0.5) is 0 Å². The van der Waals surface area contributed by atoms with Crippen LogP contribution >= 0.6 is 0 Å². The normalized spacial score (nSPS) is 11.4. The quantitative estimate of drug-likeness (QED) is 0.362. The van der Waals surface area contributed by atoms with Gasteiger partial charge in [-0.2, -0.15) is 0 Å². The standard InChI is InChI=1S/C28H39N3O/c1-6-23(7-2)28(32)29-16-12-8-9-15-27-30-25-13-10-11-14-26(25)31(27)19-24-21(4)17-20(3)18-22(24)5/h10-11,13-14,17-18,23H,6-9,12,15-16,19H2,1-5H3,(H,29,32). The second kappa shape index (κ2) is 11.3. The fourth-order valence-electron chi connectivity index (χ4n) is 4.71. The molecule has 4 nitrogen and oxygen atoms in total. The second-order valence-electron chi connectivity index (χ2n) is 9.10. The van der Waals surface area contributed by atoms with Crippen molar-refractivity contribution >= 4 is 16.9 Å². The van der Waals surface area contributed by atoms with Gasteiger partial charge in [-0.15, -0.1) is 0 Å². The van der Waals surface area contributed by atoms with E-state index in [9.17, 15) is 4.79 Å². The molecule has 1 N–H and O–H groups in total. The number of carbonyl (C=O) groups excluding carboxylic acids is 1. The Morgan fingerprint density at radius 3 is 2.38 bits per heavy atom. The number of imidazole rings is 1. The molecule has 1 heterocycles. The van der Waals surface area contributed by atoms with Crippen molar-refractivity contribution in [3.63, 3.8) is 0 Å². The summed E-state index contributed by atoms with van der Waals surface area (Å²) in [4.78, 5) is 17.1. The number of aromatic nitrogens is 2. The smallest absolute Gasteiger partial charge is 0.223 e. The van der Waals surface area contributed by atoms with Gasteiger partial charge in [-0.25, -0.2) is 4.98 Å². The van der Waals surface area contributed by atoms with Gasteiger partial charge in [0.15, 0.2) is 0 Å². The lowest BCUT2D eigenvalue weighted by Crippen LogP contribution is -2.30. The molecule has 172 valence electrons. The summed E-state index contributed by atoms with van der Waals surface area (Å²) in [7, 11) is 0. The van der Waals surface area contributed by atoms with E-state index in [2.05, 4.69) is 80.9 Å². The number of carbonyl (C=O) groups is 1. The summed E-state index contributed by atoms with van der Waals surface area (Å²) in [5.74, 6) is 1.52. The molecule has 3 aromatic rings. The van der Waals surface area contributed by atoms with E-state index in [1.807, 2.05) is 0 Å². The molecule has 0 aliphatic heterocycles. The Balaban J connectivity index is 1.64. The lowest BCUT2D eigenvalue weighted by atomic mass is 9.99. The number of nitrogens with one attached hydrogen (secondary N) is 1. The number of hydrogen-bond acceptors (Lipinski definition) is 2. The summed E-state index contributed by atoms with van der Waals surface area (Å²) in [5.41, 5.74) is 7.68. The van der Waals surface area contributed by atoms with Crippen LogP contribution < -0.4 is 5.32 Å². The molecular formula is C28H39N3O. The van der Waals surface area contributed by atoms with Gasteiger partial charge in [0.05, 0.1) is 11.0 Å². The lowest BCUT2D eigenvalue weighted by molar-refractivity contribution is -0.125. The molecule has 4 heteroatoms. The molecule has 2 aromatic carbocycles. The number of rotatable bonds is 11. The Hall–Kier alpha value is -2.62. The fourth-order valence-corrected chi connectivity index (χ4v) is 4.71. The third-order valence-corrected chi connectivity index (χ3v) is 6.62. The molecule has 3 rings (SSSR count). The average Bonchev–Trinajstić information content (AvgIpc) is 3.11. The van der Waals surface area contributed by atoms with Gasteiger partial charge < -0.3 is 9.88 Å². The Bertz CT molecular complexity index is 1020. The molecule has 0 spiro atoms. The lowest BCUT2D eigenvalue weighted by Gasteiger charge is -2.15. The molecule has 0 fully saturated rings. The zero-order chi connectivity index (χ0) is 23.1. The van der Waals surface area contributed by atoms with Crippen LogP contribution in [-0.4, -0.2) is 22.0 Å². The van der Waals surface area contributed by atoms with Crippen LogP contribution in [0.2, 0.25) is 0 Å². The molecule has 0 saturated carbocycles. The molecule has 32 heavy (non-hydrogen) atoms. The molecule has 0 aliphatic carbocycles. The third-order valence-electron chi connectivity index (χ3n) is 6.62. The molecule has 0 bridgehead atoms. The van der Waals surface area contributed by atoms with Crippen molar-refractivity contribution in [2.75, 3.05) is 6.54 Å². The average molecular weight is 434 g/mol.